The molecule has 0 saturated carbocycles. The van der Waals surface area contributed by atoms with Gasteiger partial charge in [0.15, 0.2) is 0 Å². The summed E-state index contributed by atoms with van der Waals surface area (Å²) in [7, 11) is 0. The fourth-order valence-electron chi connectivity index (χ4n) is 4.34. The molecule has 0 radical (unpaired) electrons. The standard InChI is InChI=1S/C25H21N3O3S/c29-22(26-20-12-6-7-13-21(20)32-18-9-2-1-3-10-18)16-28-23(30)25(27-24(28)31)15-14-17-8-4-5-11-19(17)25/h1-13H,14-16H2,(H,26,29)(H,27,31). The maximum Gasteiger partial charge on any atom is 0.325 e. The van der Waals surface area contributed by atoms with E-state index in [0.29, 0.717) is 18.5 Å². The molecule has 1 aliphatic carbocycles. The van der Waals surface area contributed by atoms with E-state index in [0.717, 1.165) is 25.8 Å². The minimum Gasteiger partial charge on any atom is -0.323 e. The highest BCUT2D eigenvalue weighted by atomic mass is 32.2. The zero-order valence-electron chi connectivity index (χ0n) is 17.2. The van der Waals surface area contributed by atoms with E-state index >= 15 is 0 Å². The molecule has 0 bridgehead atoms. The normalized spacial score (nSPS) is 19.2. The van der Waals surface area contributed by atoms with Gasteiger partial charge in [0.25, 0.3) is 5.91 Å². The van der Waals surface area contributed by atoms with E-state index in [1.165, 1.54) is 11.8 Å². The molecule has 2 aliphatic rings. The molecule has 1 atom stereocenters. The smallest absolute Gasteiger partial charge is 0.323 e. The maximum absolute atomic E-state index is 13.3. The van der Waals surface area contributed by atoms with Crippen LogP contribution in [0.1, 0.15) is 17.5 Å². The molecule has 1 heterocycles. The number of carbonyl (C=O) groups excluding carboxylic acids is 3. The average molecular weight is 444 g/mol. The van der Waals surface area contributed by atoms with Crippen molar-refractivity contribution in [3.63, 3.8) is 0 Å². The van der Waals surface area contributed by atoms with Crippen LogP contribution in [0.15, 0.2) is 88.7 Å². The highest BCUT2D eigenvalue weighted by Gasteiger charge is 2.55. The van der Waals surface area contributed by atoms with Crippen LogP contribution in [0.5, 0.6) is 0 Å². The van der Waals surface area contributed by atoms with E-state index in [9.17, 15) is 14.4 Å². The zero-order chi connectivity index (χ0) is 22.1. The molecule has 1 spiro atoms. The van der Waals surface area contributed by atoms with E-state index in [2.05, 4.69) is 10.6 Å². The van der Waals surface area contributed by atoms with Crippen LogP contribution in [0.2, 0.25) is 0 Å². The topological polar surface area (TPSA) is 78.5 Å². The van der Waals surface area contributed by atoms with E-state index in [-0.39, 0.29) is 12.5 Å². The number of carbonyl (C=O) groups is 3. The molecule has 160 valence electrons. The Labute approximate surface area is 190 Å². The molecule has 7 heteroatoms. The summed E-state index contributed by atoms with van der Waals surface area (Å²) in [5, 5.41) is 5.72. The highest BCUT2D eigenvalue weighted by Crippen LogP contribution is 2.41. The number of nitrogens with one attached hydrogen (secondary N) is 2. The summed E-state index contributed by atoms with van der Waals surface area (Å²) in [6, 6.07) is 24.4. The van der Waals surface area contributed by atoms with Gasteiger partial charge in [-0.1, -0.05) is 66.4 Å². The molecule has 1 saturated heterocycles. The molecular formula is C25H21N3O3S. The largest absolute Gasteiger partial charge is 0.325 e. The van der Waals surface area contributed by atoms with E-state index in [4.69, 9.17) is 0 Å². The van der Waals surface area contributed by atoms with Gasteiger partial charge < -0.3 is 10.6 Å². The van der Waals surface area contributed by atoms with Crippen LogP contribution in [0.25, 0.3) is 0 Å². The van der Waals surface area contributed by atoms with Crippen molar-refractivity contribution in [2.45, 2.75) is 28.2 Å². The Hall–Kier alpha value is -3.58. The average Bonchev–Trinajstić information content (AvgIpc) is 3.29. The van der Waals surface area contributed by atoms with Crippen molar-refractivity contribution in [1.29, 1.82) is 0 Å². The van der Waals surface area contributed by atoms with Gasteiger partial charge in [0, 0.05) is 9.79 Å². The monoisotopic (exact) mass is 443 g/mol. The number of fused-ring (bicyclic) bond motifs is 2. The number of anilines is 1. The third-order valence-corrected chi connectivity index (χ3v) is 6.94. The first kappa shape index (κ1) is 20.3. The lowest BCUT2D eigenvalue weighted by atomic mass is 9.92. The summed E-state index contributed by atoms with van der Waals surface area (Å²) < 4.78 is 0. The van der Waals surface area contributed by atoms with Crippen molar-refractivity contribution in [3.8, 4) is 0 Å². The molecule has 1 aliphatic heterocycles. The second kappa shape index (κ2) is 8.16. The van der Waals surface area contributed by atoms with Crippen molar-refractivity contribution >= 4 is 35.3 Å². The SMILES string of the molecule is O=C(CN1C(=O)NC2(CCc3ccccc32)C1=O)Nc1ccccc1Sc1ccccc1. The van der Waals surface area contributed by atoms with E-state index in [1.54, 1.807) is 0 Å². The summed E-state index contributed by atoms with van der Waals surface area (Å²) in [4.78, 5) is 41.7. The summed E-state index contributed by atoms with van der Waals surface area (Å²) in [5.74, 6) is -0.785. The third kappa shape index (κ3) is 3.54. The molecule has 2 N–H and O–H groups in total. The van der Waals surface area contributed by atoms with Gasteiger partial charge in [0.2, 0.25) is 5.91 Å². The molecule has 5 rings (SSSR count). The van der Waals surface area contributed by atoms with Crippen molar-refractivity contribution in [2.75, 3.05) is 11.9 Å². The van der Waals surface area contributed by atoms with Crippen molar-refractivity contribution in [1.82, 2.24) is 10.2 Å². The minimum absolute atomic E-state index is 0.334. The minimum atomic E-state index is -1.06. The Kier molecular flexibility index (Phi) is 5.19. The molecule has 0 aromatic heterocycles. The molecule has 3 aromatic carbocycles. The maximum atomic E-state index is 13.3. The number of hydrogen-bond donors (Lipinski definition) is 2. The Balaban J connectivity index is 1.32. The molecule has 1 unspecified atom stereocenters. The predicted octanol–water partition coefficient (Wildman–Crippen LogP) is 4.17. The van der Waals surface area contributed by atoms with Crippen LogP contribution in [-0.4, -0.2) is 29.3 Å². The van der Waals surface area contributed by atoms with Gasteiger partial charge in [-0.15, -0.1) is 0 Å². The number of nitrogens with zero attached hydrogens (tertiary/aromatic N) is 1. The fourth-order valence-corrected chi connectivity index (χ4v) is 5.26. The second-order valence-electron chi connectivity index (χ2n) is 7.84. The van der Waals surface area contributed by atoms with Crippen LogP contribution in [0.4, 0.5) is 10.5 Å². The Morgan fingerprint density at radius 2 is 1.69 bits per heavy atom. The number of aryl methyl sites for hydroxylation is 1. The van der Waals surface area contributed by atoms with Crippen LogP contribution in [-0.2, 0) is 21.5 Å². The molecule has 3 aromatic rings. The molecule has 4 amide bonds. The van der Waals surface area contributed by atoms with Crippen molar-refractivity contribution in [2.24, 2.45) is 0 Å². The van der Waals surface area contributed by atoms with Crippen LogP contribution >= 0.6 is 11.8 Å². The molecule has 1 fully saturated rings. The third-order valence-electron chi connectivity index (χ3n) is 5.86. The highest BCUT2D eigenvalue weighted by molar-refractivity contribution is 7.99. The molecular weight excluding hydrogens is 422 g/mol. The first-order valence-electron chi connectivity index (χ1n) is 10.4. The second-order valence-corrected chi connectivity index (χ2v) is 8.96. The predicted molar refractivity (Wildman–Crippen MR) is 122 cm³/mol. The Morgan fingerprint density at radius 3 is 2.53 bits per heavy atom. The summed E-state index contributed by atoms with van der Waals surface area (Å²) >= 11 is 1.53. The fraction of sp³-hybridized carbons (Fsp3) is 0.160. The number of rotatable bonds is 5. The number of imide groups is 1. The van der Waals surface area contributed by atoms with Crippen LogP contribution in [0.3, 0.4) is 0 Å². The van der Waals surface area contributed by atoms with Crippen molar-refractivity contribution in [3.05, 3.63) is 90.0 Å². The number of para-hydroxylation sites is 1. The lowest BCUT2D eigenvalue weighted by Crippen LogP contribution is -2.43. The molecule has 6 nitrogen and oxygen atoms in total. The van der Waals surface area contributed by atoms with Crippen LogP contribution < -0.4 is 10.6 Å². The number of hydrogen-bond acceptors (Lipinski definition) is 4. The number of amides is 4. The first-order chi connectivity index (χ1) is 15.6. The number of benzene rings is 3. The van der Waals surface area contributed by atoms with Gasteiger partial charge in [-0.25, -0.2) is 4.79 Å². The van der Waals surface area contributed by atoms with E-state index in [1.807, 2.05) is 78.9 Å². The van der Waals surface area contributed by atoms with Gasteiger partial charge in [0.1, 0.15) is 12.1 Å². The Bertz CT molecular complexity index is 1210. The van der Waals surface area contributed by atoms with Gasteiger partial charge in [0.05, 0.1) is 5.69 Å². The molecule has 32 heavy (non-hydrogen) atoms. The summed E-state index contributed by atoms with van der Waals surface area (Å²) in [6.45, 7) is -0.334. The van der Waals surface area contributed by atoms with Crippen molar-refractivity contribution < 1.29 is 14.4 Å². The van der Waals surface area contributed by atoms with Gasteiger partial charge in [-0.3, -0.25) is 14.5 Å². The zero-order valence-corrected chi connectivity index (χ0v) is 18.0. The van der Waals surface area contributed by atoms with Crippen LogP contribution in [0, 0.1) is 0 Å². The van der Waals surface area contributed by atoms with Gasteiger partial charge >= 0.3 is 6.03 Å². The lowest BCUT2D eigenvalue weighted by Gasteiger charge is -2.22. The first-order valence-corrected chi connectivity index (χ1v) is 11.2. The number of urea groups is 1. The summed E-state index contributed by atoms with van der Waals surface area (Å²) in [6.07, 6.45) is 1.22. The Morgan fingerprint density at radius 1 is 0.969 bits per heavy atom. The lowest BCUT2D eigenvalue weighted by molar-refractivity contribution is -0.134. The summed E-state index contributed by atoms with van der Waals surface area (Å²) in [5.41, 5.74) is 1.46. The van der Waals surface area contributed by atoms with Gasteiger partial charge in [-0.2, -0.15) is 0 Å². The van der Waals surface area contributed by atoms with E-state index < -0.39 is 17.5 Å². The quantitative estimate of drug-likeness (QED) is 0.580. The van der Waals surface area contributed by atoms with Gasteiger partial charge in [-0.05, 0) is 48.2 Å².